The van der Waals surface area contributed by atoms with E-state index in [1.165, 1.54) is 0 Å². The van der Waals surface area contributed by atoms with Crippen molar-refractivity contribution in [1.29, 1.82) is 0 Å². The molecule has 0 bridgehead atoms. The van der Waals surface area contributed by atoms with Gasteiger partial charge in [0.2, 0.25) is 5.78 Å². The quantitative estimate of drug-likeness (QED) is 0.749. The van der Waals surface area contributed by atoms with Crippen LogP contribution in [-0.2, 0) is 13.5 Å². The van der Waals surface area contributed by atoms with Crippen molar-refractivity contribution in [3.05, 3.63) is 36.2 Å². The molecule has 0 saturated carbocycles. The van der Waals surface area contributed by atoms with Crippen LogP contribution < -0.4 is 0 Å². The molecule has 0 atom stereocenters. The lowest BCUT2D eigenvalue weighted by molar-refractivity contribution is 0.0979. The maximum atomic E-state index is 12.1. The summed E-state index contributed by atoms with van der Waals surface area (Å²) in [6, 6.07) is 2.33. The van der Waals surface area contributed by atoms with Crippen LogP contribution >= 0.6 is 0 Å². The van der Waals surface area contributed by atoms with Crippen LogP contribution in [0.3, 0.4) is 0 Å². The Hall–Kier alpha value is -1.91. The molecule has 0 unspecified atom stereocenters. The predicted octanol–water partition coefficient (Wildman–Crippen LogP) is 2.40. The van der Waals surface area contributed by atoms with Crippen molar-refractivity contribution in [1.82, 2.24) is 19.3 Å². The number of hydrogen-bond donors (Lipinski definition) is 0. The molecule has 5 nitrogen and oxygen atoms in total. The Morgan fingerprint density at radius 3 is 2.63 bits per heavy atom. The number of hydrogen-bond acceptors (Lipinski definition) is 3. The molecule has 0 aliphatic rings. The van der Waals surface area contributed by atoms with Crippen molar-refractivity contribution in [2.75, 3.05) is 0 Å². The number of ketones is 1. The Morgan fingerprint density at radius 1 is 1.32 bits per heavy atom. The smallest absolute Gasteiger partial charge is 0.204 e. The van der Waals surface area contributed by atoms with Crippen molar-refractivity contribution < 1.29 is 4.79 Å². The lowest BCUT2D eigenvalue weighted by Crippen LogP contribution is -2.12. The van der Waals surface area contributed by atoms with Crippen LogP contribution in [0.15, 0.2) is 24.7 Å². The molecule has 0 aromatic carbocycles. The summed E-state index contributed by atoms with van der Waals surface area (Å²) in [5, 5.41) is 4.49. The lowest BCUT2D eigenvalue weighted by atomic mass is 10.2. The summed E-state index contributed by atoms with van der Waals surface area (Å²) >= 11 is 0. The number of aryl methyl sites for hydroxylation is 1. The van der Waals surface area contributed by atoms with Gasteiger partial charge in [-0.3, -0.25) is 9.48 Å². The Morgan fingerprint density at radius 2 is 2.05 bits per heavy atom. The summed E-state index contributed by atoms with van der Waals surface area (Å²) in [4.78, 5) is 16.1. The molecule has 0 aliphatic heterocycles. The first-order valence-electron chi connectivity index (χ1n) is 6.70. The normalized spacial score (nSPS) is 11.2. The Balaban J connectivity index is 2.08. The van der Waals surface area contributed by atoms with Gasteiger partial charge in [-0.05, 0) is 18.9 Å². The summed E-state index contributed by atoms with van der Waals surface area (Å²) in [6.07, 6.45) is 7.76. The number of nitrogens with zero attached hydrogens (tertiary/aromatic N) is 4. The summed E-state index contributed by atoms with van der Waals surface area (Å²) in [6.45, 7) is 4.29. The van der Waals surface area contributed by atoms with Gasteiger partial charge in [-0.2, -0.15) is 5.10 Å². The van der Waals surface area contributed by atoms with Crippen LogP contribution in [-0.4, -0.2) is 25.1 Å². The Bertz CT molecular complexity index is 551. The second-order valence-electron chi connectivity index (χ2n) is 4.72. The molecule has 0 radical (unpaired) electrons. The van der Waals surface area contributed by atoms with E-state index < -0.39 is 0 Å². The number of carbonyl (C=O) groups is 1. The van der Waals surface area contributed by atoms with Gasteiger partial charge in [0.05, 0.1) is 18.2 Å². The molecule has 2 heterocycles. The van der Waals surface area contributed by atoms with Gasteiger partial charge in [-0.1, -0.05) is 13.8 Å². The van der Waals surface area contributed by atoms with Crippen LogP contribution in [0.25, 0.3) is 0 Å². The molecule has 0 saturated heterocycles. The Kier molecular flexibility index (Phi) is 4.14. The molecule has 2 rings (SSSR count). The maximum absolute atomic E-state index is 12.1. The number of carbonyl (C=O) groups excluding carboxylic acids is 1. The SMILES string of the molecule is CCC(CC)n1ccc(CC(=O)c2nccn2C)n1. The monoisotopic (exact) mass is 260 g/mol. The first kappa shape index (κ1) is 13.5. The van der Waals surface area contributed by atoms with E-state index in [0.717, 1.165) is 18.5 Å². The van der Waals surface area contributed by atoms with E-state index in [-0.39, 0.29) is 5.78 Å². The second-order valence-corrected chi connectivity index (χ2v) is 4.72. The highest BCUT2D eigenvalue weighted by molar-refractivity contribution is 5.94. The van der Waals surface area contributed by atoms with E-state index in [9.17, 15) is 4.79 Å². The van der Waals surface area contributed by atoms with Gasteiger partial charge < -0.3 is 4.57 Å². The van der Waals surface area contributed by atoms with Gasteiger partial charge in [0, 0.05) is 25.6 Å². The highest BCUT2D eigenvalue weighted by Gasteiger charge is 2.14. The molecule has 0 aliphatic carbocycles. The number of aromatic nitrogens is 4. The molecule has 0 amide bonds. The first-order chi connectivity index (χ1) is 9.15. The molecule has 2 aromatic heterocycles. The zero-order valence-corrected chi connectivity index (χ0v) is 11.7. The average Bonchev–Trinajstić information content (AvgIpc) is 3.00. The minimum Gasteiger partial charge on any atom is -0.332 e. The average molecular weight is 260 g/mol. The Labute approximate surface area is 113 Å². The van der Waals surface area contributed by atoms with E-state index in [1.54, 1.807) is 17.0 Å². The van der Waals surface area contributed by atoms with E-state index >= 15 is 0 Å². The lowest BCUT2D eigenvalue weighted by Gasteiger charge is -2.12. The van der Waals surface area contributed by atoms with E-state index in [2.05, 4.69) is 23.9 Å². The highest BCUT2D eigenvalue weighted by Crippen LogP contribution is 2.15. The van der Waals surface area contributed by atoms with E-state index in [0.29, 0.717) is 18.3 Å². The van der Waals surface area contributed by atoms with Crippen LogP contribution in [0, 0.1) is 0 Å². The fourth-order valence-corrected chi connectivity index (χ4v) is 2.22. The number of Topliss-reactive ketones (excluding diaryl/α,β-unsaturated/α-hetero) is 1. The molecule has 0 N–H and O–H groups in total. The van der Waals surface area contributed by atoms with Crippen LogP contribution in [0.1, 0.15) is 49.0 Å². The molecular formula is C14H20N4O. The third-order valence-corrected chi connectivity index (χ3v) is 3.39. The molecule has 19 heavy (non-hydrogen) atoms. The van der Waals surface area contributed by atoms with Crippen molar-refractivity contribution in [2.24, 2.45) is 7.05 Å². The van der Waals surface area contributed by atoms with Crippen LogP contribution in [0.2, 0.25) is 0 Å². The standard InChI is InChI=1S/C14H20N4O/c1-4-12(5-2)18-8-6-11(16-18)10-13(19)14-15-7-9-17(14)3/h6-9,12H,4-5,10H2,1-3H3. The fraction of sp³-hybridized carbons (Fsp3) is 0.500. The summed E-state index contributed by atoms with van der Waals surface area (Å²) in [7, 11) is 1.82. The molecule has 102 valence electrons. The van der Waals surface area contributed by atoms with Crippen LogP contribution in [0.5, 0.6) is 0 Å². The maximum Gasteiger partial charge on any atom is 0.204 e. The van der Waals surface area contributed by atoms with Gasteiger partial charge in [-0.15, -0.1) is 0 Å². The van der Waals surface area contributed by atoms with Gasteiger partial charge in [0.25, 0.3) is 0 Å². The summed E-state index contributed by atoms with van der Waals surface area (Å²) < 4.78 is 3.70. The molecule has 2 aromatic rings. The number of imidazole rings is 1. The highest BCUT2D eigenvalue weighted by atomic mass is 16.1. The van der Waals surface area contributed by atoms with Gasteiger partial charge >= 0.3 is 0 Å². The van der Waals surface area contributed by atoms with Crippen molar-refractivity contribution in [3.63, 3.8) is 0 Å². The van der Waals surface area contributed by atoms with Gasteiger partial charge in [0.1, 0.15) is 0 Å². The topological polar surface area (TPSA) is 52.7 Å². The molecular weight excluding hydrogens is 240 g/mol. The van der Waals surface area contributed by atoms with Gasteiger partial charge in [0.15, 0.2) is 5.82 Å². The number of rotatable bonds is 6. The minimum absolute atomic E-state index is 0.00213. The molecule has 0 fully saturated rings. The zero-order valence-electron chi connectivity index (χ0n) is 11.7. The first-order valence-corrected chi connectivity index (χ1v) is 6.70. The second kappa shape index (κ2) is 5.82. The van der Waals surface area contributed by atoms with E-state index in [1.807, 2.05) is 24.0 Å². The third kappa shape index (κ3) is 2.92. The molecule has 5 heteroatoms. The third-order valence-electron chi connectivity index (χ3n) is 3.39. The minimum atomic E-state index is 0.00213. The summed E-state index contributed by atoms with van der Waals surface area (Å²) in [5.41, 5.74) is 0.805. The largest absolute Gasteiger partial charge is 0.332 e. The van der Waals surface area contributed by atoms with Crippen molar-refractivity contribution in [2.45, 2.75) is 39.2 Å². The zero-order chi connectivity index (χ0) is 13.8. The van der Waals surface area contributed by atoms with Crippen molar-refractivity contribution in [3.8, 4) is 0 Å². The fourth-order valence-electron chi connectivity index (χ4n) is 2.22. The molecule has 0 spiro atoms. The van der Waals surface area contributed by atoms with E-state index in [4.69, 9.17) is 0 Å². The van der Waals surface area contributed by atoms with Crippen LogP contribution in [0.4, 0.5) is 0 Å². The van der Waals surface area contributed by atoms with Gasteiger partial charge in [-0.25, -0.2) is 4.98 Å². The summed E-state index contributed by atoms with van der Waals surface area (Å²) in [5.74, 6) is 0.486. The predicted molar refractivity (Wildman–Crippen MR) is 73.1 cm³/mol. The van der Waals surface area contributed by atoms with Crippen molar-refractivity contribution >= 4 is 5.78 Å².